The second kappa shape index (κ2) is 5.46. The molecule has 0 aliphatic carbocycles. The average Bonchev–Trinajstić information content (AvgIpc) is 2.84. The molecule has 0 bridgehead atoms. The van der Waals surface area contributed by atoms with Gasteiger partial charge in [-0.1, -0.05) is 0 Å². The zero-order valence-electron chi connectivity index (χ0n) is 10.7. The number of amides is 1. The molecule has 1 atom stereocenters. The molecule has 1 aliphatic heterocycles. The molecule has 1 heterocycles. The van der Waals surface area contributed by atoms with Crippen LogP contribution in [0.2, 0.25) is 0 Å². The fraction of sp³-hybridized carbons (Fsp3) is 0.462. The van der Waals surface area contributed by atoms with Crippen molar-refractivity contribution < 1.29 is 24.5 Å². The molecular formula is C13H17NO5. The van der Waals surface area contributed by atoms with Crippen molar-refractivity contribution in [1.29, 1.82) is 0 Å². The van der Waals surface area contributed by atoms with Crippen LogP contribution in [0.15, 0.2) is 18.2 Å². The van der Waals surface area contributed by atoms with Crippen LogP contribution in [0, 0.1) is 0 Å². The van der Waals surface area contributed by atoms with Gasteiger partial charge in [-0.2, -0.15) is 0 Å². The summed E-state index contributed by atoms with van der Waals surface area (Å²) >= 11 is 0. The minimum absolute atomic E-state index is 0.0858. The fourth-order valence-corrected chi connectivity index (χ4v) is 1.90. The molecule has 0 radical (unpaired) electrons. The van der Waals surface area contributed by atoms with Crippen LogP contribution in [0.4, 0.5) is 0 Å². The van der Waals surface area contributed by atoms with E-state index in [1.165, 1.54) is 19.2 Å². The van der Waals surface area contributed by atoms with E-state index in [1.54, 1.807) is 6.07 Å². The predicted molar refractivity (Wildman–Crippen MR) is 67.4 cm³/mol. The first kappa shape index (κ1) is 13.6. The van der Waals surface area contributed by atoms with Crippen molar-refractivity contribution in [2.24, 2.45) is 0 Å². The van der Waals surface area contributed by atoms with Gasteiger partial charge >= 0.3 is 0 Å². The summed E-state index contributed by atoms with van der Waals surface area (Å²) in [5.74, 6) is -0.115. The number of phenols is 1. The van der Waals surface area contributed by atoms with Gasteiger partial charge in [0.25, 0.3) is 5.91 Å². The summed E-state index contributed by atoms with van der Waals surface area (Å²) in [6, 6.07) is 4.39. The van der Waals surface area contributed by atoms with Crippen molar-refractivity contribution in [1.82, 2.24) is 5.32 Å². The minimum atomic E-state index is -1.02. The summed E-state index contributed by atoms with van der Waals surface area (Å²) in [7, 11) is 1.48. The van der Waals surface area contributed by atoms with Gasteiger partial charge < -0.3 is 25.0 Å². The molecular weight excluding hydrogens is 250 g/mol. The summed E-state index contributed by atoms with van der Waals surface area (Å²) in [4.78, 5) is 12.0. The lowest BCUT2D eigenvalue weighted by atomic mass is 10.0. The number of phenolic OH excluding ortho intramolecular Hbond substituents is 1. The molecule has 6 heteroatoms. The highest BCUT2D eigenvalue weighted by Crippen LogP contribution is 2.23. The van der Waals surface area contributed by atoms with Crippen LogP contribution in [0.25, 0.3) is 0 Å². The summed E-state index contributed by atoms with van der Waals surface area (Å²) in [5, 5.41) is 22.3. The highest BCUT2D eigenvalue weighted by molar-refractivity contribution is 5.97. The highest BCUT2D eigenvalue weighted by atomic mass is 16.5. The summed E-state index contributed by atoms with van der Waals surface area (Å²) in [5.41, 5.74) is -0.911. The molecule has 1 fully saturated rings. The first-order valence-electron chi connectivity index (χ1n) is 5.99. The second-order valence-electron chi connectivity index (χ2n) is 4.59. The molecule has 0 spiro atoms. The van der Waals surface area contributed by atoms with E-state index in [0.29, 0.717) is 18.8 Å². The van der Waals surface area contributed by atoms with Gasteiger partial charge in [0.05, 0.1) is 19.3 Å². The number of hydrogen-bond donors (Lipinski definition) is 3. The van der Waals surface area contributed by atoms with Crippen molar-refractivity contribution >= 4 is 5.91 Å². The summed E-state index contributed by atoms with van der Waals surface area (Å²) < 4.78 is 10.1. The molecule has 19 heavy (non-hydrogen) atoms. The number of benzene rings is 1. The molecule has 1 aliphatic rings. The van der Waals surface area contributed by atoms with E-state index in [-0.39, 0.29) is 24.5 Å². The third-order valence-corrected chi connectivity index (χ3v) is 3.11. The van der Waals surface area contributed by atoms with E-state index in [4.69, 9.17) is 9.47 Å². The quantitative estimate of drug-likeness (QED) is 0.729. The standard InChI is InChI=1S/C13H17NO5/c1-18-9-2-3-11(15)10(6-9)12(16)14-7-13(17)4-5-19-8-13/h2-3,6,15,17H,4-5,7-8H2,1H3,(H,14,16). The third-order valence-electron chi connectivity index (χ3n) is 3.11. The van der Waals surface area contributed by atoms with Gasteiger partial charge in [0.2, 0.25) is 0 Å². The number of aromatic hydroxyl groups is 1. The zero-order chi connectivity index (χ0) is 13.9. The van der Waals surface area contributed by atoms with Crippen molar-refractivity contribution in [2.75, 3.05) is 26.9 Å². The van der Waals surface area contributed by atoms with Crippen LogP contribution < -0.4 is 10.1 Å². The SMILES string of the molecule is COc1ccc(O)c(C(=O)NCC2(O)CCOC2)c1. The molecule has 3 N–H and O–H groups in total. The molecule has 1 amide bonds. The molecule has 1 aromatic carbocycles. The molecule has 1 aromatic rings. The number of ether oxygens (including phenoxy) is 2. The molecule has 0 saturated carbocycles. The van der Waals surface area contributed by atoms with Crippen molar-refractivity contribution in [3.8, 4) is 11.5 Å². The lowest BCUT2D eigenvalue weighted by Crippen LogP contribution is -2.43. The van der Waals surface area contributed by atoms with E-state index in [9.17, 15) is 15.0 Å². The maximum atomic E-state index is 12.0. The Morgan fingerprint density at radius 1 is 1.58 bits per heavy atom. The van der Waals surface area contributed by atoms with Crippen LogP contribution in [-0.2, 0) is 4.74 Å². The normalized spacial score (nSPS) is 22.2. The van der Waals surface area contributed by atoms with Gasteiger partial charge in [-0.3, -0.25) is 4.79 Å². The lowest BCUT2D eigenvalue weighted by Gasteiger charge is -2.20. The lowest BCUT2D eigenvalue weighted by molar-refractivity contribution is 0.0264. The Hall–Kier alpha value is -1.79. The largest absolute Gasteiger partial charge is 0.507 e. The first-order valence-corrected chi connectivity index (χ1v) is 5.99. The molecule has 104 valence electrons. The van der Waals surface area contributed by atoms with E-state index < -0.39 is 11.5 Å². The van der Waals surface area contributed by atoms with Crippen LogP contribution in [0.3, 0.4) is 0 Å². The van der Waals surface area contributed by atoms with Gasteiger partial charge in [0, 0.05) is 19.6 Å². The number of methoxy groups -OCH3 is 1. The smallest absolute Gasteiger partial charge is 0.255 e. The van der Waals surface area contributed by atoms with Crippen molar-refractivity contribution in [3.05, 3.63) is 23.8 Å². The van der Waals surface area contributed by atoms with Gasteiger partial charge in [0.1, 0.15) is 17.1 Å². The Morgan fingerprint density at radius 3 is 3.00 bits per heavy atom. The molecule has 0 aromatic heterocycles. The van der Waals surface area contributed by atoms with Gasteiger partial charge in [-0.15, -0.1) is 0 Å². The topological polar surface area (TPSA) is 88.0 Å². The molecule has 6 nitrogen and oxygen atoms in total. The number of aliphatic hydroxyl groups is 1. The third kappa shape index (κ3) is 3.15. The van der Waals surface area contributed by atoms with Crippen molar-refractivity contribution in [2.45, 2.75) is 12.0 Å². The highest BCUT2D eigenvalue weighted by Gasteiger charge is 2.32. The van der Waals surface area contributed by atoms with Crippen LogP contribution in [-0.4, -0.2) is 48.6 Å². The fourth-order valence-electron chi connectivity index (χ4n) is 1.90. The van der Waals surface area contributed by atoms with Crippen molar-refractivity contribution in [3.63, 3.8) is 0 Å². The Morgan fingerprint density at radius 2 is 2.37 bits per heavy atom. The van der Waals surface area contributed by atoms with Crippen LogP contribution >= 0.6 is 0 Å². The van der Waals surface area contributed by atoms with Gasteiger partial charge in [0.15, 0.2) is 0 Å². The van der Waals surface area contributed by atoms with E-state index >= 15 is 0 Å². The summed E-state index contributed by atoms with van der Waals surface area (Å²) in [6.45, 7) is 0.774. The number of carbonyl (C=O) groups excluding carboxylic acids is 1. The predicted octanol–water partition coefficient (Wildman–Crippen LogP) is 0.282. The monoisotopic (exact) mass is 267 g/mol. The molecule has 1 saturated heterocycles. The maximum absolute atomic E-state index is 12.0. The Kier molecular flexibility index (Phi) is 3.92. The zero-order valence-corrected chi connectivity index (χ0v) is 10.7. The Labute approximate surface area is 111 Å². The van der Waals surface area contributed by atoms with Crippen LogP contribution in [0.5, 0.6) is 11.5 Å². The molecule has 2 rings (SSSR count). The Bertz CT molecular complexity index is 468. The number of hydrogen-bond acceptors (Lipinski definition) is 5. The van der Waals surface area contributed by atoms with Gasteiger partial charge in [-0.25, -0.2) is 0 Å². The minimum Gasteiger partial charge on any atom is -0.507 e. The van der Waals surface area contributed by atoms with Crippen LogP contribution in [0.1, 0.15) is 16.8 Å². The van der Waals surface area contributed by atoms with E-state index in [2.05, 4.69) is 5.32 Å². The summed E-state index contributed by atoms with van der Waals surface area (Å²) in [6.07, 6.45) is 0.484. The number of nitrogens with one attached hydrogen (secondary N) is 1. The Balaban J connectivity index is 2.03. The maximum Gasteiger partial charge on any atom is 0.255 e. The second-order valence-corrected chi connectivity index (χ2v) is 4.59. The average molecular weight is 267 g/mol. The number of carbonyl (C=O) groups is 1. The first-order chi connectivity index (χ1) is 9.04. The van der Waals surface area contributed by atoms with E-state index in [1.807, 2.05) is 0 Å². The van der Waals surface area contributed by atoms with Gasteiger partial charge in [-0.05, 0) is 18.2 Å². The van der Waals surface area contributed by atoms with E-state index in [0.717, 1.165) is 0 Å². The molecule has 1 unspecified atom stereocenters. The number of rotatable bonds is 4.